The topological polar surface area (TPSA) is 83.5 Å². The van der Waals surface area contributed by atoms with E-state index < -0.39 is 16.0 Å². The van der Waals surface area contributed by atoms with Crippen molar-refractivity contribution in [1.82, 2.24) is 0 Å². The highest BCUT2D eigenvalue weighted by molar-refractivity contribution is 7.85. The Labute approximate surface area is 120 Å². The molecule has 0 saturated heterocycles. The summed E-state index contributed by atoms with van der Waals surface area (Å²) in [6.07, 6.45) is 0. The molecule has 0 fully saturated rings. The number of nitrogens with one attached hydrogen (secondary N) is 1. The van der Waals surface area contributed by atoms with E-state index in [1.807, 2.05) is 0 Å². The van der Waals surface area contributed by atoms with Gasteiger partial charge in [-0.1, -0.05) is 17.7 Å². The van der Waals surface area contributed by atoms with Gasteiger partial charge in [0.2, 0.25) is 0 Å². The van der Waals surface area contributed by atoms with Gasteiger partial charge in [0.1, 0.15) is 0 Å². The summed E-state index contributed by atoms with van der Waals surface area (Å²) in [4.78, 5) is 11.6. The van der Waals surface area contributed by atoms with Crippen LogP contribution >= 0.6 is 11.6 Å². The second-order valence-corrected chi connectivity index (χ2v) is 5.82. The Bertz CT molecular complexity index is 741. The fourth-order valence-corrected chi connectivity index (χ4v) is 2.19. The minimum Gasteiger partial charge on any atom is -0.322 e. The number of hydrogen-bond acceptors (Lipinski definition) is 3. The summed E-state index contributed by atoms with van der Waals surface area (Å²) in [5, 5.41) is 3.04. The fourth-order valence-electron chi connectivity index (χ4n) is 1.54. The lowest BCUT2D eigenvalue weighted by Crippen LogP contribution is -2.12. The minimum atomic E-state index is -4.30. The van der Waals surface area contributed by atoms with Crippen LogP contribution in [0.4, 0.5) is 5.69 Å². The molecule has 0 bridgehead atoms. The lowest BCUT2D eigenvalue weighted by molar-refractivity contribution is 0.102. The lowest BCUT2D eigenvalue weighted by Gasteiger charge is -2.06. The minimum absolute atomic E-state index is 0.264. The van der Waals surface area contributed by atoms with E-state index in [4.69, 9.17) is 16.2 Å². The molecule has 0 heterocycles. The Morgan fingerprint density at radius 3 is 2.35 bits per heavy atom. The first-order valence-corrected chi connectivity index (χ1v) is 7.32. The Morgan fingerprint density at radius 1 is 1.10 bits per heavy atom. The summed E-state index contributed by atoms with van der Waals surface area (Å²) in [6, 6.07) is 11.6. The Balaban J connectivity index is 2.22. The van der Waals surface area contributed by atoms with Gasteiger partial charge in [0.25, 0.3) is 16.0 Å². The molecule has 0 atom stereocenters. The maximum atomic E-state index is 11.9. The molecular weight excluding hydrogens is 302 g/mol. The molecule has 0 aliphatic carbocycles. The van der Waals surface area contributed by atoms with Crippen LogP contribution in [0.15, 0.2) is 53.4 Å². The highest BCUT2D eigenvalue weighted by Crippen LogP contribution is 2.16. The molecule has 0 spiro atoms. The van der Waals surface area contributed by atoms with Gasteiger partial charge in [-0.05, 0) is 42.5 Å². The summed E-state index contributed by atoms with van der Waals surface area (Å²) in [5.41, 5.74) is 0.645. The maximum absolute atomic E-state index is 11.9. The third-order valence-corrected chi connectivity index (χ3v) is 3.60. The zero-order valence-electron chi connectivity index (χ0n) is 10.1. The third-order valence-electron chi connectivity index (χ3n) is 2.50. The molecular formula is C13H10ClNO4S. The summed E-state index contributed by atoms with van der Waals surface area (Å²) < 4.78 is 31.0. The van der Waals surface area contributed by atoms with Crippen molar-refractivity contribution < 1.29 is 17.8 Å². The molecule has 2 N–H and O–H groups in total. The van der Waals surface area contributed by atoms with Crippen LogP contribution in [0.1, 0.15) is 10.4 Å². The predicted octanol–water partition coefficient (Wildman–Crippen LogP) is 2.84. The molecule has 0 radical (unpaired) electrons. The van der Waals surface area contributed by atoms with Crippen LogP contribution in [-0.4, -0.2) is 18.9 Å². The Hall–Kier alpha value is -1.89. The first-order valence-electron chi connectivity index (χ1n) is 5.51. The van der Waals surface area contributed by atoms with Gasteiger partial charge < -0.3 is 5.32 Å². The molecule has 2 aromatic carbocycles. The first kappa shape index (κ1) is 14.5. The van der Waals surface area contributed by atoms with Gasteiger partial charge in [-0.15, -0.1) is 0 Å². The zero-order valence-corrected chi connectivity index (χ0v) is 11.6. The monoisotopic (exact) mass is 311 g/mol. The van der Waals surface area contributed by atoms with Gasteiger partial charge in [0, 0.05) is 16.3 Å². The van der Waals surface area contributed by atoms with E-state index in [0.717, 1.165) is 0 Å². The summed E-state index contributed by atoms with van der Waals surface area (Å²) >= 11 is 5.72. The number of amides is 1. The van der Waals surface area contributed by atoms with Crippen LogP contribution in [-0.2, 0) is 10.1 Å². The van der Waals surface area contributed by atoms with Crippen molar-refractivity contribution in [2.24, 2.45) is 0 Å². The van der Waals surface area contributed by atoms with E-state index in [1.165, 1.54) is 24.3 Å². The molecule has 0 aliphatic rings. The van der Waals surface area contributed by atoms with Gasteiger partial charge in [0.15, 0.2) is 0 Å². The van der Waals surface area contributed by atoms with Crippen molar-refractivity contribution in [1.29, 1.82) is 0 Å². The summed E-state index contributed by atoms with van der Waals surface area (Å²) in [7, 11) is -4.30. The maximum Gasteiger partial charge on any atom is 0.294 e. The zero-order chi connectivity index (χ0) is 14.8. The number of carbonyl (C=O) groups excluding carboxylic acids is 1. The van der Waals surface area contributed by atoms with Crippen LogP contribution in [0.25, 0.3) is 0 Å². The summed E-state index contributed by atoms with van der Waals surface area (Å²) in [6.45, 7) is 0. The number of benzene rings is 2. The smallest absolute Gasteiger partial charge is 0.294 e. The molecule has 104 valence electrons. The first-order chi connectivity index (χ1) is 9.36. The molecule has 1 amide bonds. The second-order valence-electron chi connectivity index (χ2n) is 3.96. The molecule has 0 saturated carbocycles. The second kappa shape index (κ2) is 5.62. The molecule has 0 aromatic heterocycles. The highest BCUT2D eigenvalue weighted by Gasteiger charge is 2.11. The van der Waals surface area contributed by atoms with Crippen molar-refractivity contribution in [3.05, 3.63) is 59.1 Å². The van der Waals surface area contributed by atoms with Crippen LogP contribution < -0.4 is 5.32 Å². The molecule has 2 aromatic rings. The Morgan fingerprint density at radius 2 is 1.75 bits per heavy atom. The largest absolute Gasteiger partial charge is 0.322 e. The average Bonchev–Trinajstić information content (AvgIpc) is 2.38. The van der Waals surface area contributed by atoms with Gasteiger partial charge >= 0.3 is 0 Å². The third kappa shape index (κ3) is 3.57. The Kier molecular flexibility index (Phi) is 4.08. The van der Waals surface area contributed by atoms with Gasteiger partial charge in [0.05, 0.1) is 4.90 Å². The number of carbonyl (C=O) groups is 1. The van der Waals surface area contributed by atoms with Gasteiger partial charge in [-0.25, -0.2) is 0 Å². The number of hydrogen-bond donors (Lipinski definition) is 2. The summed E-state index contributed by atoms with van der Waals surface area (Å²) in [5.74, 6) is -0.408. The highest BCUT2D eigenvalue weighted by atomic mass is 35.5. The van der Waals surface area contributed by atoms with Crippen LogP contribution in [0, 0.1) is 0 Å². The standard InChI is InChI=1S/C13H10ClNO4S/c14-10-6-4-9(5-7-10)13(16)15-11-2-1-3-12(8-11)20(17,18)19/h1-8H,(H,15,16)(H,17,18,19). The predicted molar refractivity (Wildman–Crippen MR) is 75.7 cm³/mol. The van der Waals surface area contributed by atoms with Crippen molar-refractivity contribution in [2.45, 2.75) is 4.90 Å². The van der Waals surface area contributed by atoms with Crippen molar-refractivity contribution >= 4 is 33.3 Å². The molecule has 20 heavy (non-hydrogen) atoms. The lowest BCUT2D eigenvalue weighted by atomic mass is 10.2. The molecule has 0 unspecified atom stereocenters. The van der Waals surface area contributed by atoms with E-state index in [-0.39, 0.29) is 10.6 Å². The number of rotatable bonds is 3. The number of halogens is 1. The average molecular weight is 312 g/mol. The van der Waals surface area contributed by atoms with Crippen LogP contribution in [0.2, 0.25) is 5.02 Å². The normalized spacial score (nSPS) is 11.1. The quantitative estimate of drug-likeness (QED) is 0.854. The molecule has 5 nitrogen and oxygen atoms in total. The van der Waals surface area contributed by atoms with Crippen molar-refractivity contribution in [3.63, 3.8) is 0 Å². The van der Waals surface area contributed by atoms with E-state index >= 15 is 0 Å². The fraction of sp³-hybridized carbons (Fsp3) is 0. The molecule has 0 aliphatic heterocycles. The van der Waals surface area contributed by atoms with E-state index in [1.54, 1.807) is 24.3 Å². The van der Waals surface area contributed by atoms with Crippen molar-refractivity contribution in [2.75, 3.05) is 5.32 Å². The molecule has 2 rings (SSSR count). The van der Waals surface area contributed by atoms with E-state index in [0.29, 0.717) is 10.6 Å². The number of anilines is 1. The van der Waals surface area contributed by atoms with Gasteiger partial charge in [-0.2, -0.15) is 8.42 Å². The SMILES string of the molecule is O=C(Nc1cccc(S(=O)(=O)O)c1)c1ccc(Cl)cc1. The van der Waals surface area contributed by atoms with E-state index in [9.17, 15) is 13.2 Å². The molecule has 7 heteroatoms. The van der Waals surface area contributed by atoms with Crippen LogP contribution in [0.5, 0.6) is 0 Å². The van der Waals surface area contributed by atoms with E-state index in [2.05, 4.69) is 5.32 Å². The van der Waals surface area contributed by atoms with Crippen LogP contribution in [0.3, 0.4) is 0 Å². The van der Waals surface area contributed by atoms with Crippen molar-refractivity contribution in [3.8, 4) is 0 Å². The van der Waals surface area contributed by atoms with Gasteiger partial charge in [-0.3, -0.25) is 9.35 Å².